The lowest BCUT2D eigenvalue weighted by atomic mass is 10.1. The summed E-state index contributed by atoms with van der Waals surface area (Å²) in [6, 6.07) is 15.1. The van der Waals surface area contributed by atoms with E-state index in [1.807, 2.05) is 54.7 Å². The summed E-state index contributed by atoms with van der Waals surface area (Å²) in [5.74, 6) is 0.772. The minimum atomic E-state index is -0.0118. The second-order valence-electron chi connectivity index (χ2n) is 5.55. The van der Waals surface area contributed by atoms with Crippen molar-refractivity contribution in [2.24, 2.45) is 0 Å². The highest BCUT2D eigenvalue weighted by atomic mass is 16.5. The Hall–Kier alpha value is -3.15. The third-order valence-corrected chi connectivity index (χ3v) is 3.75. The predicted octanol–water partition coefficient (Wildman–Crippen LogP) is 2.31. The van der Waals surface area contributed by atoms with Crippen LogP contribution < -0.4 is 10.1 Å². The first-order valence-electron chi connectivity index (χ1n) is 8.09. The third-order valence-electron chi connectivity index (χ3n) is 3.75. The van der Waals surface area contributed by atoms with Crippen molar-refractivity contribution in [3.05, 3.63) is 66.5 Å². The molecule has 1 amide bonds. The van der Waals surface area contributed by atoms with E-state index in [1.54, 1.807) is 18.0 Å². The largest absolute Gasteiger partial charge is 0.497 e. The molecule has 0 spiro atoms. The van der Waals surface area contributed by atoms with E-state index in [0.29, 0.717) is 19.5 Å². The van der Waals surface area contributed by atoms with Gasteiger partial charge in [-0.2, -0.15) is 5.10 Å². The molecule has 0 aliphatic rings. The van der Waals surface area contributed by atoms with Gasteiger partial charge in [-0.1, -0.05) is 18.2 Å². The summed E-state index contributed by atoms with van der Waals surface area (Å²) in [7, 11) is 1.62. The van der Waals surface area contributed by atoms with Gasteiger partial charge in [-0.25, -0.2) is 0 Å². The molecule has 6 heteroatoms. The van der Waals surface area contributed by atoms with Gasteiger partial charge < -0.3 is 10.1 Å². The molecule has 128 valence electrons. The molecule has 0 aliphatic heterocycles. The highest BCUT2D eigenvalue weighted by Gasteiger charge is 2.05. The molecule has 1 aromatic carbocycles. The van der Waals surface area contributed by atoms with Crippen LogP contribution in [0.25, 0.3) is 11.4 Å². The van der Waals surface area contributed by atoms with Crippen molar-refractivity contribution in [1.82, 2.24) is 20.1 Å². The molecule has 0 saturated carbocycles. The molecule has 1 N–H and O–H groups in total. The van der Waals surface area contributed by atoms with Crippen molar-refractivity contribution >= 4 is 5.91 Å². The Morgan fingerprint density at radius 2 is 1.96 bits per heavy atom. The summed E-state index contributed by atoms with van der Waals surface area (Å²) in [5, 5.41) is 7.38. The van der Waals surface area contributed by atoms with Gasteiger partial charge in [0.05, 0.1) is 25.8 Å². The van der Waals surface area contributed by atoms with Crippen molar-refractivity contribution < 1.29 is 9.53 Å². The Morgan fingerprint density at radius 1 is 1.12 bits per heavy atom. The van der Waals surface area contributed by atoms with Gasteiger partial charge >= 0.3 is 0 Å². The van der Waals surface area contributed by atoms with Crippen LogP contribution in [0, 0.1) is 0 Å². The molecule has 6 nitrogen and oxygen atoms in total. The maximum absolute atomic E-state index is 12.0. The Labute approximate surface area is 146 Å². The summed E-state index contributed by atoms with van der Waals surface area (Å²) < 4.78 is 6.91. The van der Waals surface area contributed by atoms with E-state index in [-0.39, 0.29) is 5.91 Å². The first-order chi connectivity index (χ1) is 12.2. The highest BCUT2D eigenvalue weighted by molar-refractivity contribution is 5.78. The van der Waals surface area contributed by atoms with Gasteiger partial charge in [-0.05, 0) is 35.9 Å². The molecule has 0 aliphatic carbocycles. The number of hydrogen-bond acceptors (Lipinski definition) is 4. The molecule has 2 heterocycles. The second-order valence-corrected chi connectivity index (χ2v) is 5.55. The van der Waals surface area contributed by atoms with Crippen LogP contribution >= 0.6 is 0 Å². The van der Waals surface area contributed by atoms with Crippen molar-refractivity contribution in [2.75, 3.05) is 13.7 Å². The Kier molecular flexibility index (Phi) is 5.41. The van der Waals surface area contributed by atoms with Crippen LogP contribution in [-0.4, -0.2) is 34.3 Å². The number of ether oxygens (including phenoxy) is 1. The topological polar surface area (TPSA) is 69.0 Å². The van der Waals surface area contributed by atoms with Crippen molar-refractivity contribution in [1.29, 1.82) is 0 Å². The predicted molar refractivity (Wildman–Crippen MR) is 95.2 cm³/mol. The van der Waals surface area contributed by atoms with Gasteiger partial charge in [0.15, 0.2) is 0 Å². The molecule has 0 saturated heterocycles. The van der Waals surface area contributed by atoms with Gasteiger partial charge in [0, 0.05) is 18.9 Å². The van der Waals surface area contributed by atoms with Crippen molar-refractivity contribution in [3.8, 4) is 17.1 Å². The molecule has 0 fully saturated rings. The Balaban J connectivity index is 1.46. The number of rotatable bonds is 7. The number of carbonyl (C=O) groups excluding carboxylic acids is 1. The van der Waals surface area contributed by atoms with E-state index >= 15 is 0 Å². The van der Waals surface area contributed by atoms with E-state index in [2.05, 4.69) is 15.4 Å². The molecule has 2 aromatic heterocycles. The summed E-state index contributed by atoms with van der Waals surface area (Å²) in [6.07, 6.45) is 3.98. The summed E-state index contributed by atoms with van der Waals surface area (Å²) in [5.41, 5.74) is 2.62. The highest BCUT2D eigenvalue weighted by Crippen LogP contribution is 2.13. The van der Waals surface area contributed by atoms with Crippen LogP contribution in [0.4, 0.5) is 0 Å². The summed E-state index contributed by atoms with van der Waals surface area (Å²) in [6.45, 7) is 1.14. The minimum Gasteiger partial charge on any atom is -0.497 e. The van der Waals surface area contributed by atoms with E-state index in [0.717, 1.165) is 22.7 Å². The molecule has 0 radical (unpaired) electrons. The number of benzene rings is 1. The Morgan fingerprint density at radius 3 is 2.68 bits per heavy atom. The van der Waals surface area contributed by atoms with E-state index in [4.69, 9.17) is 4.74 Å². The third kappa shape index (κ3) is 4.67. The lowest BCUT2D eigenvalue weighted by molar-refractivity contribution is -0.120. The monoisotopic (exact) mass is 336 g/mol. The zero-order valence-electron chi connectivity index (χ0n) is 14.1. The van der Waals surface area contributed by atoms with Crippen LogP contribution in [0.5, 0.6) is 5.75 Å². The zero-order valence-corrected chi connectivity index (χ0v) is 14.1. The van der Waals surface area contributed by atoms with Gasteiger partial charge in [0.25, 0.3) is 0 Å². The van der Waals surface area contributed by atoms with Crippen LogP contribution in [0.15, 0.2) is 60.9 Å². The molecule has 25 heavy (non-hydrogen) atoms. The van der Waals surface area contributed by atoms with Gasteiger partial charge in [-0.3, -0.25) is 14.5 Å². The first-order valence-corrected chi connectivity index (χ1v) is 8.09. The zero-order chi connectivity index (χ0) is 17.5. The summed E-state index contributed by atoms with van der Waals surface area (Å²) >= 11 is 0. The maximum atomic E-state index is 12.0. The second kappa shape index (κ2) is 8.10. The van der Waals surface area contributed by atoms with E-state index < -0.39 is 0 Å². The molecular weight excluding hydrogens is 316 g/mol. The lowest BCUT2D eigenvalue weighted by Gasteiger charge is -2.06. The summed E-state index contributed by atoms with van der Waals surface area (Å²) in [4.78, 5) is 16.3. The van der Waals surface area contributed by atoms with Gasteiger partial charge in [-0.15, -0.1) is 0 Å². The van der Waals surface area contributed by atoms with Crippen LogP contribution in [0.3, 0.4) is 0 Å². The fourth-order valence-electron chi connectivity index (χ4n) is 2.44. The van der Waals surface area contributed by atoms with Gasteiger partial charge in [0.2, 0.25) is 5.91 Å². The number of hydrogen-bond donors (Lipinski definition) is 1. The fourth-order valence-corrected chi connectivity index (χ4v) is 2.44. The minimum absolute atomic E-state index is 0.0118. The molecule has 3 aromatic rings. The van der Waals surface area contributed by atoms with Crippen LogP contribution in [0.2, 0.25) is 0 Å². The van der Waals surface area contributed by atoms with E-state index in [1.165, 1.54) is 0 Å². The van der Waals surface area contributed by atoms with Gasteiger partial charge in [0.1, 0.15) is 11.4 Å². The van der Waals surface area contributed by atoms with Crippen LogP contribution in [-0.2, 0) is 17.8 Å². The number of nitrogens with one attached hydrogen (secondary N) is 1. The first kappa shape index (κ1) is 16.7. The fraction of sp³-hybridized carbons (Fsp3) is 0.211. The van der Waals surface area contributed by atoms with Crippen molar-refractivity contribution in [3.63, 3.8) is 0 Å². The van der Waals surface area contributed by atoms with E-state index in [9.17, 15) is 4.79 Å². The smallest absolute Gasteiger partial charge is 0.224 e. The number of pyridine rings is 1. The Bertz CT molecular complexity index is 813. The number of methoxy groups -OCH3 is 1. The molecular formula is C19H20N4O2. The SMILES string of the molecule is COc1ccc(CC(=O)NCCn2ccc(-c3ccccn3)n2)cc1. The molecule has 0 atom stereocenters. The number of amides is 1. The molecule has 0 bridgehead atoms. The quantitative estimate of drug-likeness (QED) is 0.719. The van der Waals surface area contributed by atoms with Crippen molar-refractivity contribution in [2.45, 2.75) is 13.0 Å². The normalized spacial score (nSPS) is 10.4. The number of aromatic nitrogens is 3. The average Bonchev–Trinajstić information content (AvgIpc) is 3.12. The average molecular weight is 336 g/mol. The number of carbonyl (C=O) groups is 1. The standard InChI is InChI=1S/C19H20N4O2/c1-25-16-7-5-15(6-8-16)14-19(24)21-11-13-23-12-9-18(22-23)17-4-2-3-10-20-17/h2-10,12H,11,13-14H2,1H3,(H,21,24). The maximum Gasteiger partial charge on any atom is 0.224 e. The molecule has 0 unspecified atom stereocenters. The number of nitrogens with zero attached hydrogens (tertiary/aromatic N) is 3. The molecule has 3 rings (SSSR count). The lowest BCUT2D eigenvalue weighted by Crippen LogP contribution is -2.28. The van der Waals surface area contributed by atoms with Crippen LogP contribution in [0.1, 0.15) is 5.56 Å².